The molecule has 20 N–H and O–H groups in total. The Kier molecular flexibility index (Phi) is 26.6. The number of carbonyl (C=O) groups excluding carboxylic acids is 3. The Morgan fingerprint density at radius 1 is 0.358 bits per heavy atom. The summed E-state index contributed by atoms with van der Waals surface area (Å²) in [4.78, 5) is 76.2. The van der Waals surface area contributed by atoms with Gasteiger partial charge < -0.3 is 134 Å². The summed E-state index contributed by atoms with van der Waals surface area (Å²) in [5, 5.41) is 148. The van der Waals surface area contributed by atoms with Crippen molar-refractivity contribution in [2.45, 2.75) is 205 Å². The summed E-state index contributed by atoms with van der Waals surface area (Å²) in [6, 6.07) is -6.84. The standard InChI is InChI=1S/C42H65N3O46S4/c1-7(47)43-13-25(16(50)11(79-37(13)64)5-77-92(65,66)67)83-42-31(91-95(74,75)76)23(57)29(33(89-42)36(62)63)86-39-15(45-9(3)49)27(24(10(4-46)80-39)90-94(71,72)73)84-41-22(56)20(54)28(32(88-41)35(60)61)85-38-14(44-8(2)48)26(17(51)12(81-38)6-78-93(68,69)70)82-40-21(55)18(52)19(53)30(87-40)34(58)59/h10-33,37-42,46,50-57,64H,4-6H2,1-3H3,(H,43,47)(H,44,48)(H,45,49)(H,58,59)(H,60,61)(H,62,63)(H,65,66,67)(H,68,69,70)(H,71,72,73)(H,74,75,76)/t10-,11-,12-,13-,14-,15-,16+,17+,18+,19+,20-,21-,22-,23+,24+,25-,26?,27-,28+,29+,30+,31-,32+,33+,37?,38+,39+,40-,41-,42-/m1/s1. The Labute approximate surface area is 532 Å². The normalized spacial score (nSPS) is 41.4. The van der Waals surface area contributed by atoms with E-state index in [-0.39, 0.29) is 0 Å². The van der Waals surface area contributed by atoms with Crippen molar-refractivity contribution in [3.05, 3.63) is 0 Å². The number of carboxylic acids is 3. The fraction of sp³-hybridized carbons (Fsp3) is 0.857. The van der Waals surface area contributed by atoms with Gasteiger partial charge in [-0.25, -0.2) is 31.1 Å². The second kappa shape index (κ2) is 31.8. The van der Waals surface area contributed by atoms with E-state index in [1.54, 1.807) is 0 Å². The molecule has 0 aliphatic carbocycles. The summed E-state index contributed by atoms with van der Waals surface area (Å²) in [5.41, 5.74) is 0. The van der Waals surface area contributed by atoms with Crippen molar-refractivity contribution >= 4 is 77.2 Å². The topological polar surface area (TPSA) is 757 Å². The fourth-order valence-corrected chi connectivity index (χ4v) is 12.0. The van der Waals surface area contributed by atoms with Crippen molar-refractivity contribution in [3.63, 3.8) is 0 Å². The minimum Gasteiger partial charge on any atom is -0.479 e. The molecule has 2 unspecified atom stereocenters. The largest absolute Gasteiger partial charge is 0.479 e. The first kappa shape index (κ1) is 79.4. The molecule has 0 bridgehead atoms. The van der Waals surface area contributed by atoms with Crippen molar-refractivity contribution in [2.75, 3.05) is 19.8 Å². The van der Waals surface area contributed by atoms with Crippen LogP contribution < -0.4 is 16.0 Å². The lowest BCUT2D eigenvalue weighted by Gasteiger charge is -2.51. The molecule has 6 rings (SSSR count). The predicted octanol–water partition coefficient (Wildman–Crippen LogP) is -14.1. The highest BCUT2D eigenvalue weighted by Crippen LogP contribution is 2.39. The van der Waals surface area contributed by atoms with Crippen LogP contribution in [0, 0.1) is 0 Å². The van der Waals surface area contributed by atoms with Gasteiger partial charge in [0, 0.05) is 20.8 Å². The van der Waals surface area contributed by atoms with Gasteiger partial charge in [-0.05, 0) is 0 Å². The third kappa shape index (κ3) is 20.3. The van der Waals surface area contributed by atoms with E-state index in [1.165, 1.54) is 0 Å². The molecular formula is C42H65N3O46S4. The van der Waals surface area contributed by atoms with Crippen LogP contribution in [0.2, 0.25) is 0 Å². The van der Waals surface area contributed by atoms with Crippen LogP contribution in [0.25, 0.3) is 0 Å². The lowest BCUT2D eigenvalue weighted by molar-refractivity contribution is -0.375. The molecule has 49 nitrogen and oxygen atoms in total. The van der Waals surface area contributed by atoms with E-state index in [9.17, 15) is 142 Å². The number of nitrogens with one attached hydrogen (secondary N) is 3. The van der Waals surface area contributed by atoms with Crippen LogP contribution in [-0.2, 0) is 139 Å². The second-order valence-corrected chi connectivity index (χ2v) is 25.4. The average Bonchev–Trinajstić information content (AvgIpc) is 0.768. The van der Waals surface area contributed by atoms with Crippen LogP contribution in [-0.4, -0.2) is 358 Å². The highest BCUT2D eigenvalue weighted by Gasteiger charge is 2.62. The molecule has 6 saturated heterocycles. The van der Waals surface area contributed by atoms with Gasteiger partial charge >= 0.3 is 59.5 Å². The summed E-state index contributed by atoms with van der Waals surface area (Å²) in [7, 11) is -22.8. The molecule has 548 valence electrons. The molecule has 30 atom stereocenters. The molecule has 0 aromatic heterocycles. The van der Waals surface area contributed by atoms with E-state index in [0.29, 0.717) is 6.92 Å². The van der Waals surface area contributed by atoms with E-state index in [2.05, 4.69) is 17.9 Å². The van der Waals surface area contributed by atoms with E-state index >= 15 is 0 Å². The first-order chi connectivity index (χ1) is 43.7. The molecule has 0 aromatic carbocycles. The molecule has 6 fully saturated rings. The summed E-state index contributed by atoms with van der Waals surface area (Å²) >= 11 is 0. The van der Waals surface area contributed by atoms with E-state index < -0.39 is 281 Å². The highest BCUT2D eigenvalue weighted by molar-refractivity contribution is 7.81. The number of rotatable bonds is 27. The van der Waals surface area contributed by atoms with Crippen LogP contribution in [0.5, 0.6) is 0 Å². The number of carbonyl (C=O) groups is 6. The van der Waals surface area contributed by atoms with Crippen molar-refractivity contribution in [1.29, 1.82) is 0 Å². The number of ether oxygens (including phenoxy) is 11. The number of carboxylic acid groups (broad SMARTS) is 3. The Bertz CT molecular complexity index is 3190. The molecule has 0 saturated carbocycles. The molecule has 0 spiro atoms. The maximum atomic E-state index is 13.2. The van der Waals surface area contributed by atoms with Crippen molar-refractivity contribution in [3.8, 4) is 0 Å². The van der Waals surface area contributed by atoms with Crippen LogP contribution >= 0.6 is 0 Å². The minimum atomic E-state index is -5.98. The molecule has 0 aromatic rings. The van der Waals surface area contributed by atoms with Gasteiger partial charge in [0.2, 0.25) is 17.7 Å². The van der Waals surface area contributed by atoms with Gasteiger partial charge in [-0.15, -0.1) is 0 Å². The first-order valence-corrected chi connectivity index (χ1v) is 32.2. The summed E-state index contributed by atoms with van der Waals surface area (Å²) < 4.78 is 212. The van der Waals surface area contributed by atoms with E-state index in [0.717, 1.165) is 13.8 Å². The maximum Gasteiger partial charge on any atom is 0.397 e. The molecule has 53 heteroatoms. The quantitative estimate of drug-likeness (QED) is 0.0340. The summed E-state index contributed by atoms with van der Waals surface area (Å²) in [5.74, 6) is -10.1. The van der Waals surface area contributed by atoms with Gasteiger partial charge in [-0.1, -0.05) is 0 Å². The Morgan fingerprint density at radius 2 is 0.716 bits per heavy atom. The van der Waals surface area contributed by atoms with Gasteiger partial charge in [-0.2, -0.15) is 33.7 Å². The SMILES string of the molecule is CC(=O)N[C@H]1[C@H](O[C@H]2[C@H](O)[C@@H](OS(=O)(=O)O)[C@H](O[C@H]3[C@@H](O)[C@@H](COS(=O)(=O)O)OC(O)[C@@H]3NC(C)=O)O[C@@H]2C(=O)O)O[C@H](CO)[C@H](OS(=O)(=O)O)[C@@H]1O[C@@H]1O[C@H](C(=O)O)[C@@H](O[C@@H]2O[C@H](COS(=O)(=O)O)[C@H](O)C(O[C@@H]3O[C@H](C(=O)O)[C@@H](O)[C@H](O)[C@H]3O)[C@H]2NC(C)=O)[C@H](O)[C@H]1O. The fourth-order valence-electron chi connectivity index (χ4n) is 10.4. The lowest BCUT2D eigenvalue weighted by atomic mass is 9.93. The number of aliphatic hydroxyl groups is 10. The molecule has 3 amide bonds. The number of aliphatic hydroxyl groups excluding tert-OH is 10. The summed E-state index contributed by atoms with van der Waals surface area (Å²) in [6.45, 7) is -2.22. The van der Waals surface area contributed by atoms with E-state index in [1.807, 2.05) is 10.6 Å². The van der Waals surface area contributed by atoms with Gasteiger partial charge in [-0.3, -0.25) is 32.6 Å². The monoisotopic (exact) mass is 1480 g/mol. The van der Waals surface area contributed by atoms with Gasteiger partial charge in [0.15, 0.2) is 62.2 Å². The first-order valence-electron chi connectivity index (χ1n) is 26.7. The number of aliphatic carboxylic acids is 3. The van der Waals surface area contributed by atoms with Crippen LogP contribution in [0.4, 0.5) is 0 Å². The second-order valence-electron chi connectivity index (χ2n) is 21.1. The van der Waals surface area contributed by atoms with Crippen molar-refractivity contribution in [1.82, 2.24) is 16.0 Å². The van der Waals surface area contributed by atoms with Crippen LogP contribution in [0.15, 0.2) is 0 Å². The average molecular weight is 1480 g/mol. The zero-order chi connectivity index (χ0) is 71.6. The van der Waals surface area contributed by atoms with Gasteiger partial charge in [0.25, 0.3) is 0 Å². The van der Waals surface area contributed by atoms with Crippen molar-refractivity contribution in [2.24, 2.45) is 0 Å². The Balaban J connectivity index is 1.37. The number of amides is 3. The third-order valence-electron chi connectivity index (χ3n) is 14.4. The van der Waals surface area contributed by atoms with Crippen LogP contribution in [0.1, 0.15) is 20.8 Å². The molecule has 95 heavy (non-hydrogen) atoms. The lowest BCUT2D eigenvalue weighted by Crippen LogP contribution is -2.72. The molecule has 6 aliphatic rings. The van der Waals surface area contributed by atoms with Gasteiger partial charge in [0.05, 0.1) is 19.8 Å². The third-order valence-corrected chi connectivity index (χ3v) is 16.2. The Morgan fingerprint density at radius 3 is 1.16 bits per heavy atom. The molecule has 6 aliphatic heterocycles. The van der Waals surface area contributed by atoms with Gasteiger partial charge in [0.1, 0.15) is 122 Å². The Hall–Kier alpha value is -4.54. The van der Waals surface area contributed by atoms with Crippen LogP contribution in [0.3, 0.4) is 0 Å². The van der Waals surface area contributed by atoms with E-state index in [4.69, 9.17) is 60.8 Å². The zero-order valence-corrected chi connectivity index (χ0v) is 51.3. The molecular weight excluding hydrogens is 1410 g/mol. The smallest absolute Gasteiger partial charge is 0.397 e. The van der Waals surface area contributed by atoms with Crippen molar-refractivity contribution < 1.29 is 216 Å². The zero-order valence-electron chi connectivity index (χ0n) is 48.0. The summed E-state index contributed by atoms with van der Waals surface area (Å²) in [6.07, 6.45) is -70.4. The molecule has 0 radical (unpaired) electrons. The predicted molar refractivity (Wildman–Crippen MR) is 277 cm³/mol. The molecule has 6 heterocycles. The highest BCUT2D eigenvalue weighted by atomic mass is 32.3. The number of hydrogen-bond acceptors (Lipinski definition) is 39. The maximum absolute atomic E-state index is 13.2. The number of hydrogen-bond donors (Lipinski definition) is 20. The minimum absolute atomic E-state index is 0.662.